The lowest BCUT2D eigenvalue weighted by molar-refractivity contribution is -0.196. The van der Waals surface area contributed by atoms with Crippen LogP contribution < -0.4 is 0 Å². The van der Waals surface area contributed by atoms with E-state index in [1.807, 2.05) is 13.8 Å². The largest absolute Gasteiger partial charge is 0.461 e. The standard InChI is InChI=1S/C34H64O6Si/c1-9-10-11-12-13-15-21-28-27(29(35)25-31(28)39-32-23-18-19-24-37-32)20-16-14-17-22-30(33(36)38-26(2)3)40-41(7,8)34(4,5)6/h14,16,26-32,35H,9-13,15,17-25H2,1-8H3/b16-14-/t27-,28-,29+,30?,31-,32?/m1/s1. The SMILES string of the molecule is CCCCCCCC[C@@H]1[C@@H](C/C=C\CCC(O[Si](C)(C)C(C)(C)C)C(=O)OC(C)C)[C@@H](O)C[C@H]1OC1CCCCO1. The van der Waals surface area contributed by atoms with E-state index in [9.17, 15) is 9.90 Å². The van der Waals surface area contributed by atoms with Gasteiger partial charge in [-0.3, -0.25) is 0 Å². The van der Waals surface area contributed by atoms with Gasteiger partial charge in [-0.05, 0) is 88.8 Å². The van der Waals surface area contributed by atoms with Gasteiger partial charge in [0.2, 0.25) is 0 Å². The van der Waals surface area contributed by atoms with Gasteiger partial charge in [0.05, 0.1) is 18.3 Å². The maximum Gasteiger partial charge on any atom is 0.334 e. The van der Waals surface area contributed by atoms with Gasteiger partial charge in [0.15, 0.2) is 14.6 Å². The van der Waals surface area contributed by atoms with Crippen LogP contribution in [0.5, 0.6) is 0 Å². The van der Waals surface area contributed by atoms with Crippen LogP contribution in [0.2, 0.25) is 18.1 Å². The number of esters is 1. The summed E-state index contributed by atoms with van der Waals surface area (Å²) in [6.45, 7) is 17.7. The van der Waals surface area contributed by atoms with Crippen molar-refractivity contribution in [1.29, 1.82) is 0 Å². The number of hydrogen-bond donors (Lipinski definition) is 1. The number of carbonyl (C=O) groups is 1. The highest BCUT2D eigenvalue weighted by molar-refractivity contribution is 6.74. The first-order chi connectivity index (χ1) is 19.4. The number of unbranched alkanes of at least 4 members (excludes halogenated alkanes) is 5. The number of aliphatic hydroxyl groups is 1. The molecule has 1 heterocycles. The van der Waals surface area contributed by atoms with Crippen LogP contribution in [0.3, 0.4) is 0 Å². The molecule has 0 aromatic rings. The lowest BCUT2D eigenvalue weighted by atomic mass is 9.86. The monoisotopic (exact) mass is 596 g/mol. The number of allylic oxidation sites excluding steroid dienone is 2. The highest BCUT2D eigenvalue weighted by Gasteiger charge is 2.43. The molecule has 1 N–H and O–H groups in total. The number of aliphatic hydroxyl groups excluding tert-OH is 1. The Bertz CT molecular complexity index is 755. The lowest BCUT2D eigenvalue weighted by Crippen LogP contribution is -2.46. The van der Waals surface area contributed by atoms with E-state index in [4.69, 9.17) is 18.6 Å². The Morgan fingerprint density at radius 2 is 1.76 bits per heavy atom. The van der Waals surface area contributed by atoms with Gasteiger partial charge >= 0.3 is 5.97 Å². The average Bonchev–Trinajstić information content (AvgIpc) is 3.18. The molecule has 1 aliphatic carbocycles. The summed E-state index contributed by atoms with van der Waals surface area (Å²) in [6, 6.07) is 0. The van der Waals surface area contributed by atoms with Crippen molar-refractivity contribution in [3.8, 4) is 0 Å². The zero-order valence-electron chi connectivity index (χ0n) is 27.8. The Labute approximate surface area is 253 Å². The maximum absolute atomic E-state index is 12.9. The van der Waals surface area contributed by atoms with Crippen LogP contribution in [0.15, 0.2) is 12.2 Å². The molecule has 6 atom stereocenters. The van der Waals surface area contributed by atoms with Gasteiger partial charge in [-0.15, -0.1) is 0 Å². The summed E-state index contributed by atoms with van der Waals surface area (Å²) in [7, 11) is -2.12. The molecule has 0 aromatic carbocycles. The molecular formula is C34H64O6Si. The fraction of sp³-hybridized carbons (Fsp3) is 0.912. The van der Waals surface area contributed by atoms with Crippen molar-refractivity contribution in [3.63, 3.8) is 0 Å². The van der Waals surface area contributed by atoms with Gasteiger partial charge in [0.1, 0.15) is 6.10 Å². The third-order valence-electron chi connectivity index (χ3n) is 9.38. The molecular weight excluding hydrogens is 532 g/mol. The van der Waals surface area contributed by atoms with Gasteiger partial charge in [0.25, 0.3) is 0 Å². The summed E-state index contributed by atoms with van der Waals surface area (Å²) in [4.78, 5) is 12.9. The van der Waals surface area contributed by atoms with Crippen molar-refractivity contribution < 1.29 is 28.5 Å². The second kappa shape index (κ2) is 18.2. The Balaban J connectivity index is 1.98. The van der Waals surface area contributed by atoms with Crippen LogP contribution in [0.1, 0.15) is 131 Å². The molecule has 2 aliphatic rings. The molecule has 240 valence electrons. The molecule has 2 rings (SSSR count). The summed E-state index contributed by atoms with van der Waals surface area (Å²) >= 11 is 0. The molecule has 1 aliphatic heterocycles. The summed E-state index contributed by atoms with van der Waals surface area (Å²) in [5, 5.41) is 11.1. The quantitative estimate of drug-likeness (QED) is 0.0738. The summed E-state index contributed by atoms with van der Waals surface area (Å²) < 4.78 is 24.4. The Kier molecular flexibility index (Phi) is 16.2. The van der Waals surface area contributed by atoms with Crippen molar-refractivity contribution in [2.24, 2.45) is 11.8 Å². The molecule has 41 heavy (non-hydrogen) atoms. The van der Waals surface area contributed by atoms with Gasteiger partial charge in [-0.2, -0.15) is 0 Å². The fourth-order valence-electron chi connectivity index (χ4n) is 5.90. The molecule has 0 spiro atoms. The number of rotatable bonds is 18. The fourth-order valence-corrected chi connectivity index (χ4v) is 7.17. The normalized spacial score (nSPS) is 26.6. The maximum atomic E-state index is 12.9. The highest BCUT2D eigenvalue weighted by Crippen LogP contribution is 2.42. The van der Waals surface area contributed by atoms with E-state index in [0.717, 1.165) is 45.1 Å². The van der Waals surface area contributed by atoms with E-state index < -0.39 is 14.4 Å². The molecule has 0 radical (unpaired) electrons. The molecule has 0 aromatic heterocycles. The van der Waals surface area contributed by atoms with Gasteiger partial charge in [0, 0.05) is 13.0 Å². The zero-order chi connectivity index (χ0) is 30.5. The minimum atomic E-state index is -2.12. The topological polar surface area (TPSA) is 74.2 Å². The van der Waals surface area contributed by atoms with Gasteiger partial charge in [-0.1, -0.05) is 78.4 Å². The summed E-state index contributed by atoms with van der Waals surface area (Å²) in [6.07, 6.45) is 18.1. The first-order valence-electron chi connectivity index (χ1n) is 16.8. The van der Waals surface area contributed by atoms with Gasteiger partial charge in [-0.25, -0.2) is 4.79 Å². The molecule has 0 bridgehead atoms. The van der Waals surface area contributed by atoms with Crippen LogP contribution >= 0.6 is 0 Å². The van der Waals surface area contributed by atoms with E-state index in [0.29, 0.717) is 18.8 Å². The third kappa shape index (κ3) is 12.8. The van der Waals surface area contributed by atoms with Crippen molar-refractivity contribution in [3.05, 3.63) is 12.2 Å². The van der Waals surface area contributed by atoms with Crippen molar-refractivity contribution in [2.75, 3.05) is 6.61 Å². The minimum absolute atomic E-state index is 0.0180. The second-order valence-electron chi connectivity index (χ2n) is 14.3. The molecule has 1 saturated carbocycles. The van der Waals surface area contributed by atoms with E-state index in [-0.39, 0.29) is 41.5 Å². The van der Waals surface area contributed by atoms with E-state index in [2.05, 4.69) is 52.9 Å². The van der Waals surface area contributed by atoms with Crippen molar-refractivity contribution >= 4 is 14.3 Å². The van der Waals surface area contributed by atoms with E-state index in [1.54, 1.807) is 0 Å². The smallest absolute Gasteiger partial charge is 0.334 e. The zero-order valence-corrected chi connectivity index (χ0v) is 28.8. The van der Waals surface area contributed by atoms with Crippen LogP contribution in [-0.4, -0.2) is 56.7 Å². The van der Waals surface area contributed by atoms with Crippen LogP contribution in [-0.2, 0) is 23.4 Å². The third-order valence-corrected chi connectivity index (χ3v) is 13.9. The van der Waals surface area contributed by atoms with Crippen molar-refractivity contribution in [2.45, 2.75) is 180 Å². The lowest BCUT2D eigenvalue weighted by Gasteiger charge is -2.38. The average molecular weight is 597 g/mol. The second-order valence-corrected chi connectivity index (χ2v) is 19.1. The molecule has 6 nitrogen and oxygen atoms in total. The van der Waals surface area contributed by atoms with E-state index >= 15 is 0 Å². The van der Waals surface area contributed by atoms with Gasteiger partial charge < -0.3 is 23.7 Å². The minimum Gasteiger partial charge on any atom is -0.461 e. The highest BCUT2D eigenvalue weighted by atomic mass is 28.4. The first kappa shape index (κ1) is 36.5. The number of carbonyl (C=O) groups excluding carboxylic acids is 1. The summed E-state index contributed by atoms with van der Waals surface area (Å²) in [5.41, 5.74) is 0. The molecule has 1 saturated heterocycles. The van der Waals surface area contributed by atoms with Crippen LogP contribution in [0.4, 0.5) is 0 Å². The predicted octanol–water partition coefficient (Wildman–Crippen LogP) is 8.71. The Morgan fingerprint density at radius 1 is 1.05 bits per heavy atom. The van der Waals surface area contributed by atoms with Crippen LogP contribution in [0, 0.1) is 11.8 Å². The van der Waals surface area contributed by atoms with E-state index in [1.165, 1.54) is 38.5 Å². The number of ether oxygens (including phenoxy) is 3. The summed E-state index contributed by atoms with van der Waals surface area (Å²) in [5.74, 6) is 0.288. The molecule has 7 heteroatoms. The van der Waals surface area contributed by atoms with Crippen LogP contribution in [0.25, 0.3) is 0 Å². The Morgan fingerprint density at radius 3 is 2.39 bits per heavy atom. The number of hydrogen-bond acceptors (Lipinski definition) is 6. The Hall–Kier alpha value is -0.733. The van der Waals surface area contributed by atoms with Crippen molar-refractivity contribution in [1.82, 2.24) is 0 Å². The predicted molar refractivity (Wildman–Crippen MR) is 170 cm³/mol. The molecule has 2 fully saturated rings. The molecule has 0 amide bonds. The molecule has 2 unspecified atom stereocenters. The first-order valence-corrected chi connectivity index (χ1v) is 19.7.